The van der Waals surface area contributed by atoms with Crippen molar-refractivity contribution in [3.05, 3.63) is 0 Å². The molecule has 0 bridgehead atoms. The topological polar surface area (TPSA) is 129 Å². The molecule has 0 spiro atoms. The molecule has 7 nitrogen and oxygen atoms in total. The normalized spacial score (nSPS) is 18.5. The van der Waals surface area contributed by atoms with Crippen molar-refractivity contribution in [2.24, 2.45) is 17.8 Å². The van der Waals surface area contributed by atoms with E-state index in [0.29, 0.717) is 0 Å². The quantitative estimate of drug-likeness (QED) is 0.365. The Hall–Kier alpha value is -0.905. The maximum Gasteiger partial charge on any atom is 0.307 e. The molecule has 5 atom stereocenters. The highest BCUT2D eigenvalue weighted by molar-refractivity contribution is 8.03. The van der Waals surface area contributed by atoms with Gasteiger partial charge in [-0.1, -0.05) is 6.92 Å². The van der Waals surface area contributed by atoms with E-state index in [2.05, 4.69) is 11.8 Å². The summed E-state index contributed by atoms with van der Waals surface area (Å²) in [6, 6.07) is 0. The predicted octanol–water partition coefficient (Wildman–Crippen LogP) is 0.954. The first-order chi connectivity index (χ1) is 10.5. The Morgan fingerprint density at radius 1 is 1.18 bits per heavy atom. The molecule has 0 heterocycles. The van der Waals surface area contributed by atoms with Crippen LogP contribution in [0, 0.1) is 17.8 Å². The SMILES string of the molecule is [2H]P([B])C(C(CC(=O)P=S)C(=O)O)C(C)C(CC(=O)O)C(=O)O. The van der Waals surface area contributed by atoms with Crippen LogP contribution in [0.5, 0.6) is 0 Å². The smallest absolute Gasteiger partial charge is 0.307 e. The number of aliphatic carboxylic acids is 3. The number of carboxylic acid groups (broad SMARTS) is 3. The van der Waals surface area contributed by atoms with Gasteiger partial charge in [0.1, 0.15) is 7.57 Å². The molecule has 0 aromatic heterocycles. The highest BCUT2D eigenvalue weighted by atomic mass is 32.4. The Bertz CT molecular complexity index is 505. The summed E-state index contributed by atoms with van der Waals surface area (Å²) < 4.78 is 7.71. The monoisotopic (exact) mass is 365 g/mol. The number of carboxylic acids is 3. The highest BCUT2D eigenvalue weighted by Crippen LogP contribution is 2.37. The van der Waals surface area contributed by atoms with E-state index in [-0.39, 0.29) is 7.36 Å². The van der Waals surface area contributed by atoms with E-state index < -0.39 is 68.1 Å². The van der Waals surface area contributed by atoms with E-state index in [0.717, 1.165) is 0 Å². The van der Waals surface area contributed by atoms with Gasteiger partial charge >= 0.3 is 17.9 Å². The van der Waals surface area contributed by atoms with E-state index in [1.807, 2.05) is 0 Å². The Balaban J connectivity index is 5.66. The third-order valence-corrected chi connectivity index (χ3v) is 5.45. The molecule has 0 fully saturated rings. The molecule has 0 aliphatic rings. The standard InChI is InChI=1S/C11H15BO7P2S/c1-4(5(10(16)17)2-7(13)14)9(20-12)6(11(18)19)3-8(15)21-22/h4-6,9,20H,2-3H2,1H3,(H,13,14)(H,16,17)(H,18,19)/i20D. The van der Waals surface area contributed by atoms with Crippen LogP contribution in [0.1, 0.15) is 19.8 Å². The second-order valence-corrected chi connectivity index (χ2v) is 6.80. The summed E-state index contributed by atoms with van der Waals surface area (Å²) in [7, 11) is 3.32. The summed E-state index contributed by atoms with van der Waals surface area (Å²) in [4.78, 5) is 45.0. The van der Waals surface area contributed by atoms with Gasteiger partial charge in [-0.15, -0.1) is 0 Å². The van der Waals surface area contributed by atoms with Crippen molar-refractivity contribution in [1.29, 1.82) is 1.28 Å². The second-order valence-electron chi connectivity index (χ2n) is 4.68. The highest BCUT2D eigenvalue weighted by Gasteiger charge is 2.39. The van der Waals surface area contributed by atoms with Gasteiger partial charge in [0.2, 0.25) is 0 Å². The summed E-state index contributed by atoms with van der Waals surface area (Å²) in [6.07, 6.45) is -1.19. The van der Waals surface area contributed by atoms with E-state index in [9.17, 15) is 29.4 Å². The van der Waals surface area contributed by atoms with E-state index in [1.165, 1.54) is 6.92 Å². The number of carbonyl (C=O) groups excluding carboxylic acids is 1. The Morgan fingerprint density at radius 3 is 2.00 bits per heavy atom. The van der Waals surface area contributed by atoms with E-state index >= 15 is 0 Å². The molecule has 0 aromatic carbocycles. The largest absolute Gasteiger partial charge is 0.481 e. The van der Waals surface area contributed by atoms with Crippen LogP contribution in [0.2, 0.25) is 0 Å². The lowest BCUT2D eigenvalue weighted by Crippen LogP contribution is -2.38. The molecule has 22 heavy (non-hydrogen) atoms. The molecular formula is C11H15BO7P2S. The number of carbonyl (C=O) groups is 4. The molecule has 0 aliphatic heterocycles. The molecular weight excluding hydrogens is 349 g/mol. The summed E-state index contributed by atoms with van der Waals surface area (Å²) in [6.45, 7) is 1.34. The first kappa shape index (κ1) is 19.1. The average molecular weight is 365 g/mol. The molecule has 0 saturated heterocycles. The number of hydrogen-bond donors (Lipinski definition) is 3. The van der Waals surface area contributed by atoms with E-state index in [1.54, 1.807) is 0 Å². The molecule has 0 aromatic rings. The fraction of sp³-hybridized carbons (Fsp3) is 0.636. The summed E-state index contributed by atoms with van der Waals surface area (Å²) >= 11 is 4.53. The van der Waals surface area contributed by atoms with Crippen LogP contribution in [0.25, 0.3) is 0 Å². The fourth-order valence-electron chi connectivity index (χ4n) is 2.11. The number of hydrogen-bond acceptors (Lipinski definition) is 5. The predicted molar refractivity (Wildman–Crippen MR) is 85.4 cm³/mol. The van der Waals surface area contributed by atoms with Crippen LogP contribution in [0.3, 0.4) is 0 Å². The molecule has 0 aliphatic carbocycles. The zero-order valence-corrected chi connectivity index (χ0v) is 14.2. The molecule has 0 amide bonds. The van der Waals surface area contributed by atoms with Gasteiger partial charge < -0.3 is 15.3 Å². The van der Waals surface area contributed by atoms with Crippen LogP contribution in [-0.4, -0.2) is 53.3 Å². The maximum absolute atomic E-state index is 11.5. The minimum absolute atomic E-state index is 0.0643. The summed E-state index contributed by atoms with van der Waals surface area (Å²) in [5.41, 5.74) is -1.70. The second kappa shape index (κ2) is 9.98. The van der Waals surface area contributed by atoms with Gasteiger partial charge in [-0.3, -0.25) is 19.2 Å². The summed E-state index contributed by atoms with van der Waals surface area (Å²) in [5.74, 6) is -7.96. The van der Waals surface area contributed by atoms with Crippen molar-refractivity contribution < 1.29 is 34.5 Å². The Labute approximate surface area is 138 Å². The molecule has 0 rings (SSSR count). The molecule has 11 heteroatoms. The van der Waals surface area contributed by atoms with Crippen LogP contribution < -0.4 is 0 Å². The van der Waals surface area contributed by atoms with Gasteiger partial charge in [0.05, 0.1) is 18.3 Å². The zero-order chi connectivity index (χ0) is 18.3. The molecule has 5 unspecified atom stereocenters. The van der Waals surface area contributed by atoms with Crippen LogP contribution in [0.15, 0.2) is 0 Å². The fourth-order valence-corrected chi connectivity index (χ4v) is 3.52. The third kappa shape index (κ3) is 6.47. The summed E-state index contributed by atoms with van der Waals surface area (Å²) in [5, 5.41) is 27.3. The maximum atomic E-state index is 11.5. The van der Waals surface area contributed by atoms with Crippen molar-refractivity contribution in [1.82, 2.24) is 0 Å². The molecule has 3 N–H and O–H groups in total. The first-order valence-electron chi connectivity index (χ1n) is 6.54. The van der Waals surface area contributed by atoms with Crippen LogP contribution >= 0.6 is 15.8 Å². The average Bonchev–Trinajstić information content (AvgIpc) is 2.42. The van der Waals surface area contributed by atoms with Gasteiger partial charge in [0, 0.05) is 15.1 Å². The van der Waals surface area contributed by atoms with Crippen LogP contribution in [-0.2, 0) is 31.0 Å². The van der Waals surface area contributed by atoms with Gasteiger partial charge in [-0.25, -0.2) is 0 Å². The van der Waals surface area contributed by atoms with Crippen LogP contribution in [0.4, 0.5) is 0 Å². The lowest BCUT2D eigenvalue weighted by atomic mass is 9.82. The van der Waals surface area contributed by atoms with Gasteiger partial charge in [0.25, 0.3) is 0 Å². The molecule has 2 radical (unpaired) electrons. The molecule has 120 valence electrons. The van der Waals surface area contributed by atoms with Crippen molar-refractivity contribution in [3.8, 4) is 0 Å². The van der Waals surface area contributed by atoms with Gasteiger partial charge in [-0.2, -0.15) is 8.40 Å². The zero-order valence-electron chi connectivity index (χ0n) is 12.6. The minimum Gasteiger partial charge on any atom is -0.481 e. The third-order valence-electron chi connectivity index (χ3n) is 3.28. The Kier molecular flexibility index (Phi) is 8.68. The van der Waals surface area contributed by atoms with Crippen molar-refractivity contribution in [2.45, 2.75) is 25.4 Å². The van der Waals surface area contributed by atoms with Gasteiger partial charge in [-0.05, 0) is 23.4 Å². The first-order valence-corrected chi connectivity index (χ1v) is 9.03. The van der Waals surface area contributed by atoms with Crippen molar-refractivity contribution in [2.75, 3.05) is 0 Å². The minimum atomic E-state index is -2.17. The van der Waals surface area contributed by atoms with Gasteiger partial charge in [0.15, 0.2) is 5.52 Å². The van der Waals surface area contributed by atoms with Crippen molar-refractivity contribution in [3.63, 3.8) is 0 Å². The molecule has 0 saturated carbocycles. The van der Waals surface area contributed by atoms with Crippen molar-refractivity contribution >= 4 is 58.6 Å². The number of rotatable bonds is 11. The lowest BCUT2D eigenvalue weighted by Gasteiger charge is -2.31. The Morgan fingerprint density at radius 2 is 1.68 bits per heavy atom. The lowest BCUT2D eigenvalue weighted by molar-refractivity contribution is -0.151. The van der Waals surface area contributed by atoms with E-state index in [4.69, 9.17) is 14.0 Å².